The number of nitrogens with one attached hydrogen (secondary N) is 1. The summed E-state index contributed by atoms with van der Waals surface area (Å²) in [7, 11) is 0. The highest BCUT2D eigenvalue weighted by Gasteiger charge is 2.22. The first kappa shape index (κ1) is 22.7. The number of morpholine rings is 1. The van der Waals surface area contributed by atoms with Crippen LogP contribution in [-0.4, -0.2) is 48.1 Å². The van der Waals surface area contributed by atoms with Gasteiger partial charge in [-0.1, -0.05) is 24.3 Å². The summed E-state index contributed by atoms with van der Waals surface area (Å²) in [5, 5.41) is 11.6. The van der Waals surface area contributed by atoms with E-state index in [1.54, 1.807) is 12.1 Å². The van der Waals surface area contributed by atoms with Gasteiger partial charge in [0.25, 0.3) is 0 Å². The highest BCUT2D eigenvalue weighted by molar-refractivity contribution is 5.90. The summed E-state index contributed by atoms with van der Waals surface area (Å²) in [5.74, 6) is 0.275. The number of para-hydroxylation sites is 2. The Bertz CT molecular complexity index is 828. The van der Waals surface area contributed by atoms with E-state index in [1.165, 1.54) is 6.92 Å². The fourth-order valence-electron chi connectivity index (χ4n) is 3.09. The number of carbonyl (C=O) groups is 2. The van der Waals surface area contributed by atoms with E-state index >= 15 is 0 Å². The van der Waals surface area contributed by atoms with Gasteiger partial charge in [-0.05, 0) is 29.8 Å². The van der Waals surface area contributed by atoms with Gasteiger partial charge in [0, 0.05) is 26.6 Å². The smallest absolute Gasteiger partial charge is 0.304 e. The van der Waals surface area contributed by atoms with Crippen LogP contribution < -0.4 is 10.1 Å². The number of amides is 1. The Morgan fingerprint density at radius 3 is 2.62 bits per heavy atom. The van der Waals surface area contributed by atoms with E-state index in [2.05, 4.69) is 10.2 Å². The maximum atomic E-state index is 11.3. The summed E-state index contributed by atoms with van der Waals surface area (Å²) < 4.78 is 11.8. The van der Waals surface area contributed by atoms with E-state index < -0.39 is 5.97 Å². The van der Waals surface area contributed by atoms with Crippen LogP contribution in [0.5, 0.6) is 11.5 Å². The lowest BCUT2D eigenvalue weighted by Crippen LogP contribution is -2.39. The lowest BCUT2D eigenvalue weighted by molar-refractivity contribution is -0.137. The van der Waals surface area contributed by atoms with E-state index in [0.29, 0.717) is 36.9 Å². The molecule has 8 heteroatoms. The van der Waals surface area contributed by atoms with Gasteiger partial charge < -0.3 is 19.9 Å². The van der Waals surface area contributed by atoms with Crippen LogP contribution in [0.25, 0.3) is 0 Å². The van der Waals surface area contributed by atoms with Crippen LogP contribution in [0, 0.1) is 0 Å². The summed E-state index contributed by atoms with van der Waals surface area (Å²) in [5.41, 5.74) is 1.63. The highest BCUT2D eigenvalue weighted by Crippen LogP contribution is 2.31. The van der Waals surface area contributed by atoms with Crippen molar-refractivity contribution in [3.63, 3.8) is 0 Å². The second-order valence-electron chi connectivity index (χ2n) is 6.65. The van der Waals surface area contributed by atoms with Gasteiger partial charge in [-0.25, -0.2) is 0 Å². The number of ether oxygens (including phenoxy) is 2. The average molecular weight is 421 g/mol. The number of carboxylic acids is 1. The largest absolute Gasteiger partial charge is 0.481 e. The Labute approximate surface area is 176 Å². The molecule has 1 saturated heterocycles. The third-order valence-corrected chi connectivity index (χ3v) is 4.47. The van der Waals surface area contributed by atoms with Gasteiger partial charge >= 0.3 is 5.97 Å². The van der Waals surface area contributed by atoms with Crippen LogP contribution >= 0.6 is 12.4 Å². The van der Waals surface area contributed by atoms with Gasteiger partial charge in [0.05, 0.1) is 24.8 Å². The molecule has 1 fully saturated rings. The second kappa shape index (κ2) is 10.8. The normalized spacial score (nSPS) is 16.5. The van der Waals surface area contributed by atoms with Crippen LogP contribution in [0.2, 0.25) is 0 Å². The molecule has 0 radical (unpaired) electrons. The molecule has 156 valence electrons. The molecule has 3 rings (SSSR count). The fourth-order valence-corrected chi connectivity index (χ4v) is 3.09. The molecule has 2 aromatic rings. The summed E-state index contributed by atoms with van der Waals surface area (Å²) in [6.45, 7) is 3.96. The van der Waals surface area contributed by atoms with Crippen molar-refractivity contribution >= 4 is 30.0 Å². The van der Waals surface area contributed by atoms with Crippen molar-refractivity contribution in [2.24, 2.45) is 0 Å². The Morgan fingerprint density at radius 1 is 1.21 bits per heavy atom. The first-order chi connectivity index (χ1) is 13.5. The number of nitrogens with zero attached hydrogens (tertiary/aromatic N) is 1. The van der Waals surface area contributed by atoms with E-state index in [4.69, 9.17) is 14.6 Å². The van der Waals surface area contributed by atoms with Crippen molar-refractivity contribution < 1.29 is 24.2 Å². The summed E-state index contributed by atoms with van der Waals surface area (Å²) in [4.78, 5) is 24.2. The quantitative estimate of drug-likeness (QED) is 0.710. The van der Waals surface area contributed by atoms with Gasteiger partial charge in [-0.3, -0.25) is 14.5 Å². The van der Waals surface area contributed by atoms with Gasteiger partial charge in [-0.2, -0.15) is 0 Å². The molecule has 1 amide bonds. The molecule has 7 nitrogen and oxygen atoms in total. The minimum absolute atomic E-state index is 0. The Balaban J connectivity index is 0.00000300. The molecule has 2 aromatic carbocycles. The molecule has 2 N–H and O–H groups in total. The first-order valence-electron chi connectivity index (χ1n) is 9.21. The van der Waals surface area contributed by atoms with Crippen molar-refractivity contribution in [2.75, 3.05) is 31.6 Å². The first-order valence-corrected chi connectivity index (χ1v) is 9.21. The molecule has 1 heterocycles. The maximum Gasteiger partial charge on any atom is 0.304 e. The van der Waals surface area contributed by atoms with Crippen molar-refractivity contribution in [3.8, 4) is 11.5 Å². The van der Waals surface area contributed by atoms with Gasteiger partial charge in [0.15, 0.2) is 5.75 Å². The van der Waals surface area contributed by atoms with Crippen LogP contribution in [0.4, 0.5) is 5.69 Å². The molecule has 0 saturated carbocycles. The van der Waals surface area contributed by atoms with Crippen molar-refractivity contribution in [3.05, 3.63) is 54.1 Å². The Kier molecular flexibility index (Phi) is 8.45. The van der Waals surface area contributed by atoms with Crippen LogP contribution in [0.1, 0.15) is 25.0 Å². The number of halogens is 1. The predicted octanol–water partition coefficient (Wildman–Crippen LogP) is 3.71. The molecular weight excluding hydrogens is 396 g/mol. The van der Waals surface area contributed by atoms with E-state index in [1.807, 2.05) is 36.4 Å². The molecule has 0 bridgehead atoms. The van der Waals surface area contributed by atoms with Crippen molar-refractivity contribution in [2.45, 2.75) is 19.4 Å². The molecule has 0 aliphatic carbocycles. The number of anilines is 1. The Hall–Kier alpha value is -2.61. The zero-order valence-electron chi connectivity index (χ0n) is 16.2. The standard InChI is InChI=1S/C21H24N2O5.ClH/c1-15(24)22-18-4-2-3-5-19(18)28-17-8-6-16(7-9-17)20-14-23(12-13-27-20)11-10-21(25)26;/h2-9,20H,10-14H2,1H3,(H,22,24)(H,25,26);1H. The molecule has 0 aromatic heterocycles. The predicted molar refractivity (Wildman–Crippen MR) is 112 cm³/mol. The van der Waals surface area contributed by atoms with Crippen LogP contribution in [0.3, 0.4) is 0 Å². The van der Waals surface area contributed by atoms with E-state index in [0.717, 1.165) is 12.1 Å². The maximum absolute atomic E-state index is 11.3. The molecule has 1 atom stereocenters. The summed E-state index contributed by atoms with van der Waals surface area (Å²) >= 11 is 0. The molecule has 1 aliphatic rings. The highest BCUT2D eigenvalue weighted by atomic mass is 35.5. The number of carboxylic acid groups (broad SMARTS) is 1. The Morgan fingerprint density at radius 2 is 1.93 bits per heavy atom. The fraction of sp³-hybridized carbons (Fsp3) is 0.333. The SMILES string of the molecule is CC(=O)Nc1ccccc1Oc1ccc(C2CN(CCC(=O)O)CCO2)cc1.Cl. The topological polar surface area (TPSA) is 88.1 Å². The number of benzene rings is 2. The zero-order chi connectivity index (χ0) is 19.9. The molecule has 29 heavy (non-hydrogen) atoms. The number of hydrogen-bond donors (Lipinski definition) is 2. The summed E-state index contributed by atoms with van der Waals surface area (Å²) in [6.07, 6.45) is 0.0379. The summed E-state index contributed by atoms with van der Waals surface area (Å²) in [6, 6.07) is 14.9. The number of aliphatic carboxylic acids is 1. The minimum atomic E-state index is -0.788. The molecular formula is C21H25ClN2O5. The third kappa shape index (κ3) is 6.74. The van der Waals surface area contributed by atoms with E-state index in [9.17, 15) is 9.59 Å². The zero-order valence-corrected chi connectivity index (χ0v) is 17.0. The van der Waals surface area contributed by atoms with Gasteiger partial charge in [-0.15, -0.1) is 12.4 Å². The van der Waals surface area contributed by atoms with Crippen molar-refractivity contribution in [1.82, 2.24) is 4.90 Å². The average Bonchev–Trinajstić information content (AvgIpc) is 2.68. The van der Waals surface area contributed by atoms with Gasteiger partial charge in [0.2, 0.25) is 5.91 Å². The van der Waals surface area contributed by atoms with Crippen LogP contribution in [0.15, 0.2) is 48.5 Å². The third-order valence-electron chi connectivity index (χ3n) is 4.47. The second-order valence-corrected chi connectivity index (χ2v) is 6.65. The number of carbonyl (C=O) groups excluding carboxylic acids is 1. The molecule has 1 aliphatic heterocycles. The molecule has 0 spiro atoms. The minimum Gasteiger partial charge on any atom is -0.481 e. The lowest BCUT2D eigenvalue weighted by atomic mass is 10.1. The van der Waals surface area contributed by atoms with E-state index in [-0.39, 0.29) is 30.8 Å². The number of hydrogen-bond acceptors (Lipinski definition) is 5. The lowest BCUT2D eigenvalue weighted by Gasteiger charge is -2.32. The number of rotatable bonds is 7. The monoisotopic (exact) mass is 420 g/mol. The van der Waals surface area contributed by atoms with Crippen molar-refractivity contribution in [1.29, 1.82) is 0 Å². The molecule has 1 unspecified atom stereocenters. The van der Waals surface area contributed by atoms with Crippen LogP contribution in [-0.2, 0) is 14.3 Å². The van der Waals surface area contributed by atoms with Gasteiger partial charge in [0.1, 0.15) is 5.75 Å².